The molecule has 0 aromatic heterocycles. The molecule has 0 aliphatic heterocycles. The van der Waals surface area contributed by atoms with E-state index in [0.717, 1.165) is 0 Å². The summed E-state index contributed by atoms with van der Waals surface area (Å²) < 4.78 is 5.46. The average molecular weight is 297 g/mol. The molecule has 3 nitrogen and oxygen atoms in total. The Balaban J connectivity index is 2.23. The summed E-state index contributed by atoms with van der Waals surface area (Å²) in [5.74, 6) is -0.635. The molecular weight excluding hydrogens is 287 g/mol. The van der Waals surface area contributed by atoms with Gasteiger partial charge >= 0.3 is 5.97 Å². The summed E-state index contributed by atoms with van der Waals surface area (Å²) in [4.78, 5) is 11.3. The molecule has 0 bridgehead atoms. The van der Waals surface area contributed by atoms with Crippen molar-refractivity contribution in [1.29, 1.82) is 0 Å². The molecule has 0 fully saturated rings. The largest absolute Gasteiger partial charge is 0.478 e. The summed E-state index contributed by atoms with van der Waals surface area (Å²) in [6, 6.07) is 13.0. The second kappa shape index (κ2) is 5.95. The van der Waals surface area contributed by atoms with Crippen LogP contribution in [0.5, 0.6) is 5.75 Å². The van der Waals surface area contributed by atoms with Crippen LogP contribution in [0.25, 0.3) is 0 Å². The Morgan fingerprint density at radius 3 is 1.89 bits per heavy atom. The molecule has 19 heavy (non-hydrogen) atoms. The fraction of sp³-hybridized carbons (Fsp3) is 0.0714. The first-order chi connectivity index (χ1) is 9.06. The summed E-state index contributed by atoms with van der Waals surface area (Å²) in [6.07, 6.45) is -1.08. The third-order valence-corrected chi connectivity index (χ3v) is 2.97. The Morgan fingerprint density at radius 2 is 1.42 bits per heavy atom. The van der Waals surface area contributed by atoms with E-state index < -0.39 is 12.1 Å². The van der Waals surface area contributed by atoms with Gasteiger partial charge in [-0.15, -0.1) is 0 Å². The molecule has 0 amide bonds. The lowest BCUT2D eigenvalue weighted by atomic mass is 10.1. The third-order valence-electron chi connectivity index (χ3n) is 2.46. The Hall–Kier alpha value is -1.71. The molecule has 5 heteroatoms. The molecule has 0 unspecified atom stereocenters. The van der Waals surface area contributed by atoms with E-state index in [1.54, 1.807) is 48.5 Å². The van der Waals surface area contributed by atoms with Crippen LogP contribution in [0.3, 0.4) is 0 Å². The zero-order valence-corrected chi connectivity index (χ0v) is 11.2. The van der Waals surface area contributed by atoms with Crippen LogP contribution in [0, 0.1) is 0 Å². The zero-order chi connectivity index (χ0) is 13.8. The minimum Gasteiger partial charge on any atom is -0.478 e. The maximum Gasteiger partial charge on any atom is 0.349 e. The highest BCUT2D eigenvalue weighted by Gasteiger charge is 2.21. The van der Waals surface area contributed by atoms with Gasteiger partial charge in [-0.3, -0.25) is 0 Å². The predicted molar refractivity (Wildman–Crippen MR) is 73.9 cm³/mol. The molecule has 1 atom stereocenters. The molecule has 2 aromatic carbocycles. The van der Waals surface area contributed by atoms with Gasteiger partial charge in [0.2, 0.25) is 6.10 Å². The van der Waals surface area contributed by atoms with Gasteiger partial charge in [-0.05, 0) is 36.4 Å². The molecule has 2 aromatic rings. The molecule has 0 heterocycles. The topological polar surface area (TPSA) is 46.5 Å². The molecule has 98 valence electrons. The van der Waals surface area contributed by atoms with Gasteiger partial charge in [0, 0.05) is 15.6 Å². The summed E-state index contributed by atoms with van der Waals surface area (Å²) in [7, 11) is 0. The Morgan fingerprint density at radius 1 is 0.947 bits per heavy atom. The van der Waals surface area contributed by atoms with Crippen molar-refractivity contribution in [2.45, 2.75) is 6.10 Å². The summed E-state index contributed by atoms with van der Waals surface area (Å²) in [5.41, 5.74) is 0.520. The summed E-state index contributed by atoms with van der Waals surface area (Å²) >= 11 is 11.5. The highest BCUT2D eigenvalue weighted by molar-refractivity contribution is 6.30. The van der Waals surface area contributed by atoms with E-state index in [-0.39, 0.29) is 0 Å². The lowest BCUT2D eigenvalue weighted by Gasteiger charge is -2.15. The van der Waals surface area contributed by atoms with E-state index in [1.807, 2.05) is 0 Å². The van der Waals surface area contributed by atoms with E-state index >= 15 is 0 Å². The lowest BCUT2D eigenvalue weighted by molar-refractivity contribution is -0.145. The normalized spacial score (nSPS) is 11.9. The number of rotatable bonds is 4. The number of benzene rings is 2. The van der Waals surface area contributed by atoms with Crippen molar-refractivity contribution in [3.8, 4) is 5.75 Å². The standard InChI is InChI=1S/C14H10Cl2O3/c15-10-3-1-9(2-4-10)13(14(17)18)19-12-7-5-11(16)6-8-12/h1-8,13H,(H,17,18)/t13-/m0/s1. The summed E-state index contributed by atoms with van der Waals surface area (Å²) in [6.45, 7) is 0. The van der Waals surface area contributed by atoms with Crippen LogP contribution < -0.4 is 4.74 Å². The van der Waals surface area contributed by atoms with Crippen LogP contribution in [0.1, 0.15) is 11.7 Å². The second-order valence-electron chi connectivity index (χ2n) is 3.84. The van der Waals surface area contributed by atoms with E-state index in [0.29, 0.717) is 21.4 Å². The molecule has 0 saturated heterocycles. The highest BCUT2D eigenvalue weighted by atomic mass is 35.5. The number of ether oxygens (including phenoxy) is 1. The Bertz CT molecular complexity index is 564. The molecule has 0 spiro atoms. The van der Waals surface area contributed by atoms with Crippen molar-refractivity contribution in [1.82, 2.24) is 0 Å². The summed E-state index contributed by atoms with van der Waals surface area (Å²) in [5, 5.41) is 10.3. The first-order valence-corrected chi connectivity index (χ1v) is 6.22. The fourth-order valence-corrected chi connectivity index (χ4v) is 1.80. The number of hydrogen-bond donors (Lipinski definition) is 1. The zero-order valence-electron chi connectivity index (χ0n) is 9.72. The molecule has 1 N–H and O–H groups in total. The monoisotopic (exact) mass is 296 g/mol. The molecule has 0 aliphatic rings. The average Bonchev–Trinajstić information content (AvgIpc) is 2.39. The van der Waals surface area contributed by atoms with Gasteiger partial charge in [0.05, 0.1) is 0 Å². The van der Waals surface area contributed by atoms with E-state index in [2.05, 4.69) is 0 Å². The minimum absolute atomic E-state index is 0.437. The van der Waals surface area contributed by atoms with Crippen molar-refractivity contribution in [2.24, 2.45) is 0 Å². The van der Waals surface area contributed by atoms with Gasteiger partial charge in [-0.2, -0.15) is 0 Å². The van der Waals surface area contributed by atoms with Gasteiger partial charge in [-0.25, -0.2) is 4.79 Å². The van der Waals surface area contributed by atoms with E-state index in [1.165, 1.54) is 0 Å². The number of carboxylic acid groups (broad SMARTS) is 1. The quantitative estimate of drug-likeness (QED) is 0.920. The van der Waals surface area contributed by atoms with Crippen LogP contribution in [-0.2, 0) is 4.79 Å². The first kappa shape index (κ1) is 13.7. The van der Waals surface area contributed by atoms with Crippen molar-refractivity contribution in [2.75, 3.05) is 0 Å². The molecule has 2 rings (SSSR count). The Labute approximate surface area is 120 Å². The fourth-order valence-electron chi connectivity index (χ4n) is 1.55. The molecule has 0 saturated carbocycles. The van der Waals surface area contributed by atoms with Crippen LogP contribution >= 0.6 is 23.2 Å². The molecule has 0 radical (unpaired) electrons. The number of hydrogen-bond acceptors (Lipinski definition) is 2. The minimum atomic E-state index is -1.08. The Kier molecular flexibility index (Phi) is 4.30. The van der Waals surface area contributed by atoms with Crippen LogP contribution in [0.2, 0.25) is 10.0 Å². The van der Waals surface area contributed by atoms with Gasteiger partial charge in [0.15, 0.2) is 0 Å². The van der Waals surface area contributed by atoms with Gasteiger partial charge in [0.1, 0.15) is 5.75 Å². The predicted octanol–water partition coefficient (Wildman–Crippen LogP) is 4.20. The first-order valence-electron chi connectivity index (χ1n) is 5.47. The number of carboxylic acids is 1. The van der Waals surface area contributed by atoms with Crippen molar-refractivity contribution >= 4 is 29.2 Å². The third kappa shape index (κ3) is 3.63. The van der Waals surface area contributed by atoms with Crippen LogP contribution in [0.4, 0.5) is 0 Å². The molecule has 0 aliphatic carbocycles. The number of aliphatic carboxylic acids is 1. The lowest BCUT2D eigenvalue weighted by Crippen LogP contribution is -2.18. The second-order valence-corrected chi connectivity index (χ2v) is 4.71. The van der Waals surface area contributed by atoms with Gasteiger partial charge < -0.3 is 9.84 Å². The van der Waals surface area contributed by atoms with E-state index in [4.69, 9.17) is 27.9 Å². The van der Waals surface area contributed by atoms with Crippen molar-refractivity contribution < 1.29 is 14.6 Å². The highest BCUT2D eigenvalue weighted by Crippen LogP contribution is 2.24. The van der Waals surface area contributed by atoms with Gasteiger partial charge in [-0.1, -0.05) is 35.3 Å². The SMILES string of the molecule is O=C(O)[C@@H](Oc1ccc(Cl)cc1)c1ccc(Cl)cc1. The maximum absolute atomic E-state index is 11.3. The molecular formula is C14H10Cl2O3. The number of carbonyl (C=O) groups is 1. The maximum atomic E-state index is 11.3. The van der Waals surface area contributed by atoms with Crippen LogP contribution in [0.15, 0.2) is 48.5 Å². The van der Waals surface area contributed by atoms with Crippen LogP contribution in [-0.4, -0.2) is 11.1 Å². The van der Waals surface area contributed by atoms with E-state index in [9.17, 15) is 9.90 Å². The smallest absolute Gasteiger partial charge is 0.349 e. The van der Waals surface area contributed by atoms with Gasteiger partial charge in [0.25, 0.3) is 0 Å². The van der Waals surface area contributed by atoms with Crippen molar-refractivity contribution in [3.63, 3.8) is 0 Å². The van der Waals surface area contributed by atoms with Crippen molar-refractivity contribution in [3.05, 3.63) is 64.1 Å². The number of halogens is 2.